The summed E-state index contributed by atoms with van der Waals surface area (Å²) >= 11 is 5.84. The molecule has 0 aliphatic carbocycles. The van der Waals surface area contributed by atoms with Crippen molar-refractivity contribution in [3.8, 4) is 11.3 Å². The lowest BCUT2D eigenvalue weighted by Crippen LogP contribution is -2.05. The van der Waals surface area contributed by atoms with Gasteiger partial charge >= 0.3 is 12.1 Å². The Labute approximate surface area is 116 Å². The predicted octanol–water partition coefficient (Wildman–Crippen LogP) is 3.46. The Hall–Kier alpha value is -2.02. The van der Waals surface area contributed by atoms with Crippen molar-refractivity contribution in [2.45, 2.75) is 6.18 Å². The molecule has 2 rings (SSSR count). The second-order valence-electron chi connectivity index (χ2n) is 4.04. The summed E-state index contributed by atoms with van der Waals surface area (Å²) in [6.45, 7) is 0. The maximum absolute atomic E-state index is 12.5. The summed E-state index contributed by atoms with van der Waals surface area (Å²) in [6.07, 6.45) is -4.49. The molecule has 0 saturated heterocycles. The molecule has 1 aromatic carbocycles. The highest BCUT2D eigenvalue weighted by atomic mass is 35.5. The molecule has 106 valence electrons. The molecule has 0 amide bonds. The molecule has 0 saturated carbocycles. The van der Waals surface area contributed by atoms with Gasteiger partial charge in [0.05, 0.1) is 16.3 Å². The van der Waals surface area contributed by atoms with Crippen molar-refractivity contribution in [2.24, 2.45) is 7.05 Å². The first-order chi connectivity index (χ1) is 9.20. The molecule has 20 heavy (non-hydrogen) atoms. The van der Waals surface area contributed by atoms with Crippen molar-refractivity contribution in [3.05, 3.63) is 40.5 Å². The zero-order chi connectivity index (χ0) is 15.1. The van der Waals surface area contributed by atoms with Gasteiger partial charge < -0.3 is 5.11 Å². The van der Waals surface area contributed by atoms with E-state index in [0.717, 1.165) is 12.1 Å². The van der Waals surface area contributed by atoms with E-state index >= 15 is 0 Å². The van der Waals surface area contributed by atoms with Crippen molar-refractivity contribution < 1.29 is 23.1 Å². The minimum Gasteiger partial charge on any atom is -0.476 e. The number of hydrogen-bond acceptors (Lipinski definition) is 2. The Bertz CT molecular complexity index is 680. The number of aromatic carboxylic acids is 1. The van der Waals surface area contributed by atoms with E-state index in [1.54, 1.807) is 0 Å². The van der Waals surface area contributed by atoms with Crippen LogP contribution in [-0.2, 0) is 13.2 Å². The van der Waals surface area contributed by atoms with Crippen molar-refractivity contribution in [2.75, 3.05) is 0 Å². The largest absolute Gasteiger partial charge is 0.476 e. The van der Waals surface area contributed by atoms with E-state index in [0.29, 0.717) is 5.69 Å². The molecule has 1 aromatic heterocycles. The predicted molar refractivity (Wildman–Crippen MR) is 65.6 cm³/mol. The van der Waals surface area contributed by atoms with Crippen LogP contribution in [0, 0.1) is 0 Å². The minimum atomic E-state index is -4.49. The molecule has 0 spiro atoms. The van der Waals surface area contributed by atoms with Crippen LogP contribution < -0.4 is 0 Å². The van der Waals surface area contributed by atoms with Gasteiger partial charge in [-0.05, 0) is 18.2 Å². The molecular formula is C12H8ClF3N2O2. The van der Waals surface area contributed by atoms with Crippen molar-refractivity contribution in [3.63, 3.8) is 0 Å². The molecule has 0 fully saturated rings. The number of carboxylic acid groups (broad SMARTS) is 1. The number of carbonyl (C=O) groups is 1. The summed E-state index contributed by atoms with van der Waals surface area (Å²) in [5, 5.41) is 12.4. The highest BCUT2D eigenvalue weighted by molar-refractivity contribution is 6.33. The number of aromatic nitrogens is 2. The fourth-order valence-electron chi connectivity index (χ4n) is 1.72. The van der Waals surface area contributed by atoms with Gasteiger partial charge in [-0.3, -0.25) is 4.68 Å². The molecule has 0 unspecified atom stereocenters. The summed E-state index contributed by atoms with van der Waals surface area (Å²) in [4.78, 5) is 10.8. The fraction of sp³-hybridized carbons (Fsp3) is 0.167. The number of rotatable bonds is 2. The average molecular weight is 305 g/mol. The zero-order valence-electron chi connectivity index (χ0n) is 10.1. The topological polar surface area (TPSA) is 55.1 Å². The number of halogens is 4. The lowest BCUT2D eigenvalue weighted by atomic mass is 10.1. The van der Waals surface area contributed by atoms with Gasteiger partial charge in [0.15, 0.2) is 5.69 Å². The monoisotopic (exact) mass is 304 g/mol. The van der Waals surface area contributed by atoms with Crippen LogP contribution in [0.25, 0.3) is 11.3 Å². The standard InChI is InChI=1S/C12H8ClF3N2O2/c1-18-10(5-9(17-18)11(19)20)7-3-2-6(4-8(7)13)12(14,15)16/h2-5H,1H3,(H,19,20). The van der Waals surface area contributed by atoms with E-state index in [-0.39, 0.29) is 16.3 Å². The Kier molecular flexibility index (Phi) is 3.47. The summed E-state index contributed by atoms with van der Waals surface area (Å²) in [7, 11) is 1.48. The third-order valence-electron chi connectivity index (χ3n) is 2.67. The van der Waals surface area contributed by atoms with Gasteiger partial charge in [0, 0.05) is 12.6 Å². The molecule has 0 aliphatic rings. The van der Waals surface area contributed by atoms with Gasteiger partial charge in [0.25, 0.3) is 0 Å². The van der Waals surface area contributed by atoms with Crippen LogP contribution >= 0.6 is 11.6 Å². The number of carboxylic acids is 1. The highest BCUT2D eigenvalue weighted by Crippen LogP contribution is 2.35. The van der Waals surface area contributed by atoms with E-state index in [4.69, 9.17) is 16.7 Å². The average Bonchev–Trinajstić information content (AvgIpc) is 2.70. The third kappa shape index (κ3) is 2.62. The van der Waals surface area contributed by atoms with Crippen molar-refractivity contribution in [1.29, 1.82) is 0 Å². The molecule has 0 bridgehead atoms. The van der Waals surface area contributed by atoms with Gasteiger partial charge in [-0.1, -0.05) is 17.7 Å². The fourth-order valence-corrected chi connectivity index (χ4v) is 2.00. The Morgan fingerprint density at radius 1 is 1.35 bits per heavy atom. The molecule has 8 heteroatoms. The van der Waals surface area contributed by atoms with Gasteiger partial charge in [-0.2, -0.15) is 18.3 Å². The molecule has 1 N–H and O–H groups in total. The molecule has 0 radical (unpaired) electrons. The van der Waals surface area contributed by atoms with Gasteiger partial charge in [0.1, 0.15) is 0 Å². The van der Waals surface area contributed by atoms with Crippen LogP contribution in [0.2, 0.25) is 5.02 Å². The smallest absolute Gasteiger partial charge is 0.416 e. The van der Waals surface area contributed by atoms with E-state index in [1.807, 2.05) is 0 Å². The quantitative estimate of drug-likeness (QED) is 0.924. The summed E-state index contributed by atoms with van der Waals surface area (Å²) in [5.74, 6) is -1.23. The van der Waals surface area contributed by atoms with Gasteiger partial charge in [0.2, 0.25) is 0 Å². The maximum Gasteiger partial charge on any atom is 0.416 e. The van der Waals surface area contributed by atoms with E-state index in [2.05, 4.69) is 5.10 Å². The number of nitrogens with zero attached hydrogens (tertiary/aromatic N) is 2. The molecular weight excluding hydrogens is 297 g/mol. The third-order valence-corrected chi connectivity index (χ3v) is 2.98. The van der Waals surface area contributed by atoms with Crippen molar-refractivity contribution in [1.82, 2.24) is 9.78 Å². The lowest BCUT2D eigenvalue weighted by molar-refractivity contribution is -0.137. The lowest BCUT2D eigenvalue weighted by Gasteiger charge is -2.10. The van der Waals surface area contributed by atoms with Gasteiger partial charge in [-0.25, -0.2) is 4.79 Å². The van der Waals surface area contributed by atoms with E-state index < -0.39 is 17.7 Å². The summed E-state index contributed by atoms with van der Waals surface area (Å²) in [5.41, 5.74) is -0.478. The van der Waals surface area contributed by atoms with Crippen LogP contribution in [-0.4, -0.2) is 20.9 Å². The minimum absolute atomic E-state index is 0.125. The number of hydrogen-bond donors (Lipinski definition) is 1. The second-order valence-corrected chi connectivity index (χ2v) is 4.44. The molecule has 2 aromatic rings. The molecule has 0 aliphatic heterocycles. The SMILES string of the molecule is Cn1nc(C(=O)O)cc1-c1ccc(C(F)(F)F)cc1Cl. The Morgan fingerprint density at radius 3 is 2.45 bits per heavy atom. The first-order valence-corrected chi connectivity index (χ1v) is 5.72. The molecule has 1 heterocycles. The highest BCUT2D eigenvalue weighted by Gasteiger charge is 2.31. The first kappa shape index (κ1) is 14.4. The number of aryl methyl sites for hydroxylation is 1. The first-order valence-electron chi connectivity index (χ1n) is 5.34. The summed E-state index contributed by atoms with van der Waals surface area (Å²) < 4.78 is 38.9. The number of alkyl halides is 3. The van der Waals surface area contributed by atoms with Crippen LogP contribution in [0.1, 0.15) is 16.1 Å². The molecule has 4 nitrogen and oxygen atoms in total. The molecule has 0 atom stereocenters. The second kappa shape index (κ2) is 4.82. The van der Waals surface area contributed by atoms with Crippen LogP contribution in [0.15, 0.2) is 24.3 Å². The van der Waals surface area contributed by atoms with Crippen molar-refractivity contribution >= 4 is 17.6 Å². The summed E-state index contributed by atoms with van der Waals surface area (Å²) in [6, 6.07) is 4.11. The van der Waals surface area contributed by atoms with E-state index in [9.17, 15) is 18.0 Å². The van der Waals surface area contributed by atoms with Crippen LogP contribution in [0.5, 0.6) is 0 Å². The normalized spacial score (nSPS) is 11.7. The van der Waals surface area contributed by atoms with Crippen LogP contribution in [0.3, 0.4) is 0 Å². The maximum atomic E-state index is 12.5. The Balaban J connectivity index is 2.51. The Morgan fingerprint density at radius 2 is 2.00 bits per heavy atom. The zero-order valence-corrected chi connectivity index (χ0v) is 10.8. The van der Waals surface area contributed by atoms with Crippen LogP contribution in [0.4, 0.5) is 13.2 Å². The number of benzene rings is 1. The van der Waals surface area contributed by atoms with E-state index in [1.165, 1.54) is 23.9 Å². The van der Waals surface area contributed by atoms with Gasteiger partial charge in [-0.15, -0.1) is 0 Å².